The van der Waals surface area contributed by atoms with Crippen LogP contribution in [0.5, 0.6) is 0 Å². The Kier molecular flexibility index (Phi) is 4.68. The molecule has 2 aromatic carbocycles. The molecule has 0 saturated carbocycles. The van der Waals surface area contributed by atoms with E-state index < -0.39 is 5.82 Å². The lowest BCUT2D eigenvalue weighted by molar-refractivity contribution is 0.628. The van der Waals surface area contributed by atoms with E-state index >= 15 is 0 Å². The molecule has 6 heteroatoms. The highest BCUT2D eigenvalue weighted by Gasteiger charge is 2.04. The van der Waals surface area contributed by atoms with Crippen LogP contribution in [0.15, 0.2) is 60.8 Å². The van der Waals surface area contributed by atoms with Crippen molar-refractivity contribution in [1.29, 1.82) is 0 Å². The molecule has 3 rings (SSSR count). The fraction of sp³-hybridized carbons (Fsp3) is 0.0588. The Bertz CT molecular complexity index is 796. The molecule has 2 N–H and O–H groups in total. The molecule has 0 spiro atoms. The fourth-order valence-corrected chi connectivity index (χ4v) is 2.19. The van der Waals surface area contributed by atoms with E-state index in [9.17, 15) is 4.39 Å². The van der Waals surface area contributed by atoms with Crippen LogP contribution in [0.4, 0.5) is 21.8 Å². The van der Waals surface area contributed by atoms with Gasteiger partial charge < -0.3 is 10.6 Å². The number of hydrogen-bond donors (Lipinski definition) is 2. The van der Waals surface area contributed by atoms with E-state index in [2.05, 4.69) is 20.6 Å². The molecular weight excluding hydrogens is 315 g/mol. The second kappa shape index (κ2) is 7.07. The Labute approximate surface area is 138 Å². The molecule has 0 atom stereocenters. The third-order valence-electron chi connectivity index (χ3n) is 3.15. The van der Waals surface area contributed by atoms with Gasteiger partial charge in [-0.1, -0.05) is 41.9 Å². The van der Waals surface area contributed by atoms with Gasteiger partial charge in [-0.3, -0.25) is 0 Å². The van der Waals surface area contributed by atoms with E-state index in [1.165, 1.54) is 12.1 Å². The molecule has 116 valence electrons. The van der Waals surface area contributed by atoms with Crippen LogP contribution in [0.1, 0.15) is 5.56 Å². The lowest BCUT2D eigenvalue weighted by Crippen LogP contribution is -2.04. The zero-order valence-corrected chi connectivity index (χ0v) is 12.9. The van der Waals surface area contributed by atoms with Crippen molar-refractivity contribution in [3.8, 4) is 0 Å². The highest BCUT2D eigenvalue weighted by Crippen LogP contribution is 2.21. The van der Waals surface area contributed by atoms with Crippen LogP contribution >= 0.6 is 11.6 Å². The molecule has 0 amide bonds. The van der Waals surface area contributed by atoms with Gasteiger partial charge in [0.2, 0.25) is 5.95 Å². The fourth-order valence-electron chi connectivity index (χ4n) is 2.01. The predicted molar refractivity (Wildman–Crippen MR) is 90.5 cm³/mol. The lowest BCUT2D eigenvalue weighted by Gasteiger charge is -2.09. The normalized spacial score (nSPS) is 10.3. The van der Waals surface area contributed by atoms with E-state index in [1.54, 1.807) is 18.3 Å². The summed E-state index contributed by atoms with van der Waals surface area (Å²) in [6, 6.07) is 16.2. The topological polar surface area (TPSA) is 49.8 Å². The maximum atomic E-state index is 13.2. The minimum atomic E-state index is -0.462. The number of benzene rings is 2. The summed E-state index contributed by atoms with van der Waals surface area (Å²) in [4.78, 5) is 8.51. The molecule has 1 heterocycles. The summed E-state index contributed by atoms with van der Waals surface area (Å²) < 4.78 is 13.2. The lowest BCUT2D eigenvalue weighted by atomic mass is 10.2. The Hall–Kier alpha value is -2.66. The quantitative estimate of drug-likeness (QED) is 0.717. The van der Waals surface area contributed by atoms with Gasteiger partial charge in [-0.15, -0.1) is 0 Å². The monoisotopic (exact) mass is 328 g/mol. The molecule has 0 aliphatic heterocycles. The molecule has 0 bridgehead atoms. The first kappa shape index (κ1) is 15.2. The summed E-state index contributed by atoms with van der Waals surface area (Å²) in [6.07, 6.45) is 1.65. The number of halogens is 2. The average Bonchev–Trinajstić information content (AvgIpc) is 2.58. The van der Waals surface area contributed by atoms with Crippen LogP contribution in [-0.4, -0.2) is 9.97 Å². The van der Waals surface area contributed by atoms with Crippen LogP contribution in [-0.2, 0) is 6.54 Å². The molecule has 4 nitrogen and oxygen atoms in total. The van der Waals surface area contributed by atoms with Crippen LogP contribution in [0.3, 0.4) is 0 Å². The second-order valence-electron chi connectivity index (χ2n) is 4.86. The first-order chi connectivity index (χ1) is 11.2. The van der Waals surface area contributed by atoms with Gasteiger partial charge >= 0.3 is 0 Å². The maximum absolute atomic E-state index is 13.2. The van der Waals surface area contributed by atoms with E-state index in [1.807, 2.05) is 30.3 Å². The van der Waals surface area contributed by atoms with Gasteiger partial charge in [-0.2, -0.15) is 4.98 Å². The van der Waals surface area contributed by atoms with Crippen molar-refractivity contribution < 1.29 is 4.39 Å². The summed E-state index contributed by atoms with van der Waals surface area (Å²) in [5.74, 6) is 0.640. The van der Waals surface area contributed by atoms with Crippen LogP contribution in [0.25, 0.3) is 0 Å². The molecule has 0 aliphatic carbocycles. The van der Waals surface area contributed by atoms with Crippen molar-refractivity contribution in [2.45, 2.75) is 6.54 Å². The number of anilines is 3. The number of nitrogens with zero attached hydrogens (tertiary/aromatic N) is 2. The molecule has 1 aromatic heterocycles. The molecule has 0 aliphatic rings. The molecule has 0 unspecified atom stereocenters. The van der Waals surface area contributed by atoms with E-state index in [0.29, 0.717) is 24.0 Å². The highest BCUT2D eigenvalue weighted by atomic mass is 35.5. The van der Waals surface area contributed by atoms with Gasteiger partial charge in [0.25, 0.3) is 0 Å². The van der Waals surface area contributed by atoms with Crippen LogP contribution in [0, 0.1) is 5.82 Å². The molecule has 0 fully saturated rings. The van der Waals surface area contributed by atoms with Crippen LogP contribution < -0.4 is 10.6 Å². The van der Waals surface area contributed by atoms with Crippen molar-refractivity contribution in [3.05, 3.63) is 77.2 Å². The minimum Gasteiger partial charge on any atom is -0.366 e. The number of hydrogen-bond acceptors (Lipinski definition) is 4. The average molecular weight is 329 g/mol. The molecule has 0 saturated heterocycles. The number of nitrogens with one attached hydrogen (secondary N) is 2. The van der Waals surface area contributed by atoms with E-state index in [4.69, 9.17) is 11.6 Å². The smallest absolute Gasteiger partial charge is 0.229 e. The van der Waals surface area contributed by atoms with Gasteiger partial charge in [0.15, 0.2) is 0 Å². The van der Waals surface area contributed by atoms with Crippen molar-refractivity contribution in [2.75, 3.05) is 10.6 Å². The summed E-state index contributed by atoms with van der Waals surface area (Å²) in [5.41, 5.74) is 1.78. The standard InChI is InChI=1S/C17H14ClFN4/c18-14-10-13(6-7-15(14)19)22-17-20-9-8-16(23-17)21-11-12-4-2-1-3-5-12/h1-10H,11H2,(H2,20,21,22,23). The van der Waals surface area contributed by atoms with E-state index in [0.717, 1.165) is 5.56 Å². The van der Waals surface area contributed by atoms with Gasteiger partial charge in [0.1, 0.15) is 11.6 Å². The zero-order valence-electron chi connectivity index (χ0n) is 12.1. The Morgan fingerprint density at radius 1 is 1.04 bits per heavy atom. The van der Waals surface area contributed by atoms with Crippen molar-refractivity contribution in [3.63, 3.8) is 0 Å². The van der Waals surface area contributed by atoms with Gasteiger partial charge in [-0.25, -0.2) is 9.37 Å². The largest absolute Gasteiger partial charge is 0.366 e. The van der Waals surface area contributed by atoms with Gasteiger partial charge in [0.05, 0.1) is 5.02 Å². The van der Waals surface area contributed by atoms with Gasteiger partial charge in [-0.05, 0) is 29.8 Å². The van der Waals surface area contributed by atoms with E-state index in [-0.39, 0.29) is 5.02 Å². The molecule has 0 radical (unpaired) electrons. The molecule has 3 aromatic rings. The summed E-state index contributed by atoms with van der Waals surface area (Å²) in [7, 11) is 0. The molecule has 23 heavy (non-hydrogen) atoms. The Morgan fingerprint density at radius 2 is 1.87 bits per heavy atom. The highest BCUT2D eigenvalue weighted by molar-refractivity contribution is 6.31. The van der Waals surface area contributed by atoms with Crippen molar-refractivity contribution in [2.24, 2.45) is 0 Å². The third kappa shape index (κ3) is 4.17. The Balaban J connectivity index is 1.68. The second-order valence-corrected chi connectivity index (χ2v) is 5.27. The first-order valence-electron chi connectivity index (χ1n) is 7.03. The van der Waals surface area contributed by atoms with Crippen molar-refractivity contribution in [1.82, 2.24) is 9.97 Å². The SMILES string of the molecule is Fc1ccc(Nc2nccc(NCc3ccccc3)n2)cc1Cl. The predicted octanol–water partition coefficient (Wildman–Crippen LogP) is 4.62. The molecular formula is C17H14ClFN4. The minimum absolute atomic E-state index is 0.0494. The Morgan fingerprint density at radius 3 is 2.65 bits per heavy atom. The summed E-state index contributed by atoms with van der Waals surface area (Å²) in [6.45, 7) is 0.666. The number of aromatic nitrogens is 2. The summed E-state index contributed by atoms with van der Waals surface area (Å²) in [5, 5.41) is 6.28. The van der Waals surface area contributed by atoms with Crippen LogP contribution in [0.2, 0.25) is 5.02 Å². The zero-order chi connectivity index (χ0) is 16.1. The maximum Gasteiger partial charge on any atom is 0.229 e. The first-order valence-corrected chi connectivity index (χ1v) is 7.41. The van der Waals surface area contributed by atoms with Gasteiger partial charge in [0, 0.05) is 18.4 Å². The summed E-state index contributed by atoms with van der Waals surface area (Å²) >= 11 is 5.76. The third-order valence-corrected chi connectivity index (χ3v) is 3.44. The van der Waals surface area contributed by atoms with Crippen molar-refractivity contribution >= 4 is 29.1 Å². The number of rotatable bonds is 5.